The summed E-state index contributed by atoms with van der Waals surface area (Å²) >= 11 is 0. The Labute approximate surface area is 149 Å². The van der Waals surface area contributed by atoms with E-state index in [4.69, 9.17) is 0 Å². The third kappa shape index (κ3) is 3.86. The van der Waals surface area contributed by atoms with Crippen LogP contribution in [0.15, 0.2) is 12.3 Å². The predicted octanol–water partition coefficient (Wildman–Crippen LogP) is 1.88. The number of hydrogen-bond donors (Lipinski definition) is 1. The highest BCUT2D eigenvalue weighted by Gasteiger charge is 2.39. The lowest BCUT2D eigenvalue weighted by Crippen LogP contribution is -2.49. The molecular formula is C18H29N5O2. The zero-order chi connectivity index (χ0) is 18.0. The van der Waals surface area contributed by atoms with E-state index in [1.807, 2.05) is 29.5 Å². The van der Waals surface area contributed by atoms with Gasteiger partial charge in [0, 0.05) is 37.7 Å². The van der Waals surface area contributed by atoms with Crippen molar-refractivity contribution >= 4 is 17.6 Å². The predicted molar refractivity (Wildman–Crippen MR) is 96.2 cm³/mol. The van der Waals surface area contributed by atoms with Crippen molar-refractivity contribution < 1.29 is 9.59 Å². The quantitative estimate of drug-likeness (QED) is 0.883. The van der Waals surface area contributed by atoms with E-state index in [-0.39, 0.29) is 23.9 Å². The van der Waals surface area contributed by atoms with Crippen LogP contribution in [-0.2, 0) is 9.59 Å². The van der Waals surface area contributed by atoms with Gasteiger partial charge in [-0.25, -0.2) is 4.68 Å². The minimum absolute atomic E-state index is 0.0123. The van der Waals surface area contributed by atoms with Crippen molar-refractivity contribution in [1.82, 2.24) is 19.6 Å². The Morgan fingerprint density at radius 2 is 1.96 bits per heavy atom. The SMILES string of the molecule is CC(=O)N1CCC[C@H]1[C@@H]1CCCN1CC(=O)Nc1ccnn1C(C)C. The molecule has 2 fully saturated rings. The molecule has 2 saturated heterocycles. The fourth-order valence-electron chi connectivity index (χ4n) is 4.26. The van der Waals surface area contributed by atoms with Crippen LogP contribution in [0.1, 0.15) is 52.5 Å². The van der Waals surface area contributed by atoms with Crippen molar-refractivity contribution in [3.8, 4) is 0 Å². The molecule has 0 bridgehead atoms. The highest BCUT2D eigenvalue weighted by Crippen LogP contribution is 2.30. The lowest BCUT2D eigenvalue weighted by Gasteiger charge is -2.34. The first-order valence-corrected chi connectivity index (χ1v) is 9.32. The van der Waals surface area contributed by atoms with Gasteiger partial charge < -0.3 is 10.2 Å². The molecule has 25 heavy (non-hydrogen) atoms. The van der Waals surface area contributed by atoms with Gasteiger partial charge in [0.05, 0.1) is 12.7 Å². The number of likely N-dealkylation sites (tertiary alicyclic amines) is 2. The number of nitrogens with zero attached hydrogens (tertiary/aromatic N) is 4. The molecule has 0 aliphatic carbocycles. The van der Waals surface area contributed by atoms with Gasteiger partial charge in [0.1, 0.15) is 5.82 Å². The lowest BCUT2D eigenvalue weighted by atomic mass is 10.0. The molecule has 1 N–H and O–H groups in total. The first kappa shape index (κ1) is 17.9. The molecule has 138 valence electrons. The molecule has 7 heteroatoms. The van der Waals surface area contributed by atoms with Gasteiger partial charge in [0.15, 0.2) is 0 Å². The van der Waals surface area contributed by atoms with E-state index < -0.39 is 0 Å². The zero-order valence-electron chi connectivity index (χ0n) is 15.4. The first-order valence-electron chi connectivity index (χ1n) is 9.32. The molecule has 3 rings (SSSR count). The van der Waals surface area contributed by atoms with Crippen LogP contribution in [0.2, 0.25) is 0 Å². The van der Waals surface area contributed by atoms with Gasteiger partial charge >= 0.3 is 0 Å². The fourth-order valence-corrected chi connectivity index (χ4v) is 4.26. The van der Waals surface area contributed by atoms with Crippen LogP contribution in [0.4, 0.5) is 5.82 Å². The monoisotopic (exact) mass is 347 g/mol. The highest BCUT2D eigenvalue weighted by atomic mass is 16.2. The van der Waals surface area contributed by atoms with Crippen molar-refractivity contribution in [3.05, 3.63) is 12.3 Å². The molecule has 3 heterocycles. The second kappa shape index (κ2) is 7.56. The topological polar surface area (TPSA) is 70.5 Å². The Hall–Kier alpha value is -1.89. The maximum Gasteiger partial charge on any atom is 0.239 e. The summed E-state index contributed by atoms with van der Waals surface area (Å²) in [5, 5.41) is 7.24. The van der Waals surface area contributed by atoms with Crippen LogP contribution in [-0.4, -0.2) is 63.1 Å². The zero-order valence-corrected chi connectivity index (χ0v) is 15.4. The summed E-state index contributed by atoms with van der Waals surface area (Å²) in [7, 11) is 0. The summed E-state index contributed by atoms with van der Waals surface area (Å²) in [6, 6.07) is 2.59. The largest absolute Gasteiger partial charge is 0.338 e. The molecule has 0 aromatic carbocycles. The third-order valence-electron chi connectivity index (χ3n) is 5.34. The number of rotatable bonds is 5. The van der Waals surface area contributed by atoms with Crippen LogP contribution in [0.3, 0.4) is 0 Å². The standard InChI is InChI=1S/C18H29N5O2/c1-13(2)23-17(8-9-19-23)20-18(25)12-21-10-4-6-15(21)16-7-5-11-22(16)14(3)24/h8-9,13,15-16H,4-7,10-12H2,1-3H3,(H,20,25)/t15-,16-/m0/s1. The Balaban J connectivity index is 1.62. The van der Waals surface area contributed by atoms with Crippen molar-refractivity contribution in [2.75, 3.05) is 25.0 Å². The Bertz CT molecular complexity index is 627. The number of carbonyl (C=O) groups excluding carboxylic acids is 2. The average Bonchev–Trinajstić information content (AvgIpc) is 3.25. The van der Waals surface area contributed by atoms with Gasteiger partial charge in [0.2, 0.25) is 11.8 Å². The maximum absolute atomic E-state index is 12.5. The van der Waals surface area contributed by atoms with Crippen molar-refractivity contribution in [2.24, 2.45) is 0 Å². The molecule has 0 saturated carbocycles. The summed E-state index contributed by atoms with van der Waals surface area (Å²) in [6.45, 7) is 7.87. The summed E-state index contributed by atoms with van der Waals surface area (Å²) in [5.41, 5.74) is 0. The van der Waals surface area contributed by atoms with Crippen LogP contribution in [0, 0.1) is 0 Å². The fraction of sp³-hybridized carbons (Fsp3) is 0.722. The molecule has 2 aliphatic heterocycles. The van der Waals surface area contributed by atoms with Crippen molar-refractivity contribution in [1.29, 1.82) is 0 Å². The molecule has 2 atom stereocenters. The van der Waals surface area contributed by atoms with Gasteiger partial charge in [-0.3, -0.25) is 14.5 Å². The minimum atomic E-state index is -0.0123. The van der Waals surface area contributed by atoms with E-state index in [1.165, 1.54) is 0 Å². The van der Waals surface area contributed by atoms with Crippen LogP contribution in [0.5, 0.6) is 0 Å². The van der Waals surface area contributed by atoms with E-state index in [0.29, 0.717) is 12.6 Å². The van der Waals surface area contributed by atoms with Crippen LogP contribution >= 0.6 is 0 Å². The highest BCUT2D eigenvalue weighted by molar-refractivity contribution is 5.91. The van der Waals surface area contributed by atoms with Crippen LogP contribution < -0.4 is 5.32 Å². The lowest BCUT2D eigenvalue weighted by molar-refractivity contribution is -0.130. The number of aromatic nitrogens is 2. The van der Waals surface area contributed by atoms with E-state index >= 15 is 0 Å². The van der Waals surface area contributed by atoms with Gasteiger partial charge in [-0.1, -0.05) is 0 Å². The number of nitrogens with one attached hydrogen (secondary N) is 1. The van der Waals surface area contributed by atoms with E-state index in [0.717, 1.165) is 44.6 Å². The van der Waals surface area contributed by atoms with E-state index in [2.05, 4.69) is 15.3 Å². The Morgan fingerprint density at radius 3 is 2.68 bits per heavy atom. The molecular weight excluding hydrogens is 318 g/mol. The van der Waals surface area contributed by atoms with Gasteiger partial charge in [-0.05, 0) is 46.1 Å². The molecule has 7 nitrogen and oxygen atoms in total. The number of carbonyl (C=O) groups is 2. The third-order valence-corrected chi connectivity index (χ3v) is 5.34. The number of hydrogen-bond acceptors (Lipinski definition) is 4. The number of amides is 2. The molecule has 1 aromatic heterocycles. The normalized spacial score (nSPS) is 24.2. The maximum atomic E-state index is 12.5. The van der Waals surface area contributed by atoms with Gasteiger partial charge in [-0.2, -0.15) is 5.10 Å². The van der Waals surface area contributed by atoms with E-state index in [1.54, 1.807) is 13.1 Å². The Kier molecular flexibility index (Phi) is 5.42. The van der Waals surface area contributed by atoms with Crippen molar-refractivity contribution in [2.45, 2.75) is 64.6 Å². The second-order valence-electron chi connectivity index (χ2n) is 7.40. The van der Waals surface area contributed by atoms with Gasteiger partial charge in [0.25, 0.3) is 0 Å². The minimum Gasteiger partial charge on any atom is -0.338 e. The van der Waals surface area contributed by atoms with E-state index in [9.17, 15) is 9.59 Å². The Morgan fingerprint density at radius 1 is 1.24 bits per heavy atom. The summed E-state index contributed by atoms with van der Waals surface area (Å²) in [5.74, 6) is 0.878. The molecule has 2 aliphatic rings. The summed E-state index contributed by atoms with van der Waals surface area (Å²) in [4.78, 5) is 28.7. The average molecular weight is 347 g/mol. The smallest absolute Gasteiger partial charge is 0.239 e. The molecule has 2 amide bonds. The molecule has 0 unspecified atom stereocenters. The van der Waals surface area contributed by atoms with Crippen LogP contribution in [0.25, 0.3) is 0 Å². The molecule has 0 radical (unpaired) electrons. The summed E-state index contributed by atoms with van der Waals surface area (Å²) < 4.78 is 1.81. The van der Waals surface area contributed by atoms with Gasteiger partial charge in [-0.15, -0.1) is 0 Å². The summed E-state index contributed by atoms with van der Waals surface area (Å²) in [6.07, 6.45) is 5.96. The molecule has 1 aromatic rings. The van der Waals surface area contributed by atoms with Crippen molar-refractivity contribution in [3.63, 3.8) is 0 Å². The second-order valence-corrected chi connectivity index (χ2v) is 7.40. The molecule has 0 spiro atoms. The first-order chi connectivity index (χ1) is 12.0. The number of anilines is 1.